The summed E-state index contributed by atoms with van der Waals surface area (Å²) in [5.74, 6) is -3.02. The number of rotatable bonds is 4. The molecule has 0 bridgehead atoms. The van der Waals surface area contributed by atoms with Crippen LogP contribution >= 0.6 is 0 Å². The van der Waals surface area contributed by atoms with E-state index in [1.165, 1.54) is 48.5 Å². The van der Waals surface area contributed by atoms with Crippen molar-refractivity contribution in [3.63, 3.8) is 0 Å². The molecule has 104 valence electrons. The fraction of sp³-hybridized carbons (Fsp3) is 0.0714. The summed E-state index contributed by atoms with van der Waals surface area (Å²) in [4.78, 5) is 10.2. The molecule has 0 amide bonds. The molecular formula is C14H9F3O3. The first-order valence-electron chi connectivity index (χ1n) is 5.55. The van der Waals surface area contributed by atoms with Gasteiger partial charge in [-0.05, 0) is 35.4 Å². The van der Waals surface area contributed by atoms with Gasteiger partial charge in [0.05, 0.1) is 0 Å². The molecule has 6 heteroatoms. The molecule has 0 atom stereocenters. The molecule has 1 N–H and O–H groups in total. The van der Waals surface area contributed by atoms with Gasteiger partial charge in [-0.1, -0.05) is 24.3 Å². The minimum Gasteiger partial charge on any atom is -0.474 e. The van der Waals surface area contributed by atoms with E-state index in [-0.39, 0.29) is 11.6 Å². The zero-order valence-electron chi connectivity index (χ0n) is 10.0. The van der Waals surface area contributed by atoms with Gasteiger partial charge in [-0.3, -0.25) is 0 Å². The molecule has 3 nitrogen and oxygen atoms in total. The number of hydrogen-bond acceptors (Lipinski definition) is 2. The lowest BCUT2D eigenvalue weighted by Crippen LogP contribution is -2.34. The zero-order chi connectivity index (χ0) is 14.8. The van der Waals surface area contributed by atoms with Crippen LogP contribution in [0.4, 0.5) is 13.2 Å². The van der Waals surface area contributed by atoms with E-state index in [1.807, 2.05) is 0 Å². The van der Waals surface area contributed by atoms with Crippen LogP contribution in [-0.2, 0) is 4.79 Å². The van der Waals surface area contributed by atoms with Crippen LogP contribution in [0.2, 0.25) is 0 Å². The Morgan fingerprint density at radius 1 is 0.950 bits per heavy atom. The molecule has 0 heterocycles. The Kier molecular flexibility index (Phi) is 3.65. The molecule has 0 aliphatic carbocycles. The van der Waals surface area contributed by atoms with Crippen LogP contribution in [0.5, 0.6) is 5.75 Å². The second-order valence-electron chi connectivity index (χ2n) is 3.96. The summed E-state index contributed by atoms with van der Waals surface area (Å²) in [7, 11) is 0. The molecule has 0 radical (unpaired) electrons. The van der Waals surface area contributed by atoms with E-state index < -0.39 is 12.1 Å². The normalized spacial score (nSPS) is 11.2. The Bertz CT molecular complexity index is 607. The quantitative estimate of drug-likeness (QED) is 0.932. The number of alkyl halides is 2. The molecule has 0 fully saturated rings. The Hall–Kier alpha value is -2.50. The summed E-state index contributed by atoms with van der Waals surface area (Å²) >= 11 is 0. The summed E-state index contributed by atoms with van der Waals surface area (Å²) in [5.41, 5.74) is 1.36. The average Bonchev–Trinajstić information content (AvgIpc) is 2.40. The molecule has 2 rings (SSSR count). The van der Waals surface area contributed by atoms with Crippen molar-refractivity contribution in [3.05, 3.63) is 54.3 Å². The lowest BCUT2D eigenvalue weighted by molar-refractivity contribution is -0.210. The van der Waals surface area contributed by atoms with Gasteiger partial charge in [0.15, 0.2) is 0 Å². The molecule has 0 saturated carbocycles. The maximum absolute atomic E-state index is 12.8. The van der Waals surface area contributed by atoms with Gasteiger partial charge in [0.1, 0.15) is 11.6 Å². The van der Waals surface area contributed by atoms with Gasteiger partial charge < -0.3 is 9.84 Å². The number of halogens is 3. The lowest BCUT2D eigenvalue weighted by Gasteiger charge is -2.13. The molecule has 0 spiro atoms. The van der Waals surface area contributed by atoms with Crippen molar-refractivity contribution >= 4 is 5.97 Å². The number of hydrogen-bond donors (Lipinski definition) is 1. The van der Waals surface area contributed by atoms with Crippen molar-refractivity contribution in [2.45, 2.75) is 6.11 Å². The lowest BCUT2D eigenvalue weighted by atomic mass is 10.1. The zero-order valence-corrected chi connectivity index (χ0v) is 10.0. The Morgan fingerprint density at radius 3 is 1.85 bits per heavy atom. The SMILES string of the molecule is O=C(O)C(F)(F)Oc1ccc(-c2ccc(F)cc2)cc1. The summed E-state index contributed by atoms with van der Waals surface area (Å²) in [6.45, 7) is 0. The molecule has 0 unspecified atom stereocenters. The minimum atomic E-state index is -4.28. The first-order valence-corrected chi connectivity index (χ1v) is 5.55. The van der Waals surface area contributed by atoms with Gasteiger partial charge in [0, 0.05) is 0 Å². The smallest absolute Gasteiger partial charge is 0.474 e. The van der Waals surface area contributed by atoms with Crippen molar-refractivity contribution in [3.8, 4) is 16.9 Å². The van der Waals surface area contributed by atoms with Crippen LogP contribution in [0.15, 0.2) is 48.5 Å². The first-order chi connectivity index (χ1) is 9.38. The predicted octanol–water partition coefficient (Wildman–Crippen LogP) is 3.55. The molecule has 0 aliphatic heterocycles. The van der Waals surface area contributed by atoms with Gasteiger partial charge in [-0.25, -0.2) is 9.18 Å². The van der Waals surface area contributed by atoms with Gasteiger partial charge in [-0.2, -0.15) is 8.78 Å². The van der Waals surface area contributed by atoms with Crippen LogP contribution < -0.4 is 4.74 Å². The highest BCUT2D eigenvalue weighted by Crippen LogP contribution is 2.26. The molecule has 20 heavy (non-hydrogen) atoms. The van der Waals surface area contributed by atoms with Crippen LogP contribution in [0, 0.1) is 5.82 Å². The summed E-state index contributed by atoms with van der Waals surface area (Å²) in [6.07, 6.45) is -4.28. The van der Waals surface area contributed by atoms with Gasteiger partial charge in [0.25, 0.3) is 0 Å². The highest BCUT2D eigenvalue weighted by molar-refractivity contribution is 5.74. The van der Waals surface area contributed by atoms with Crippen molar-refractivity contribution in [1.29, 1.82) is 0 Å². The monoisotopic (exact) mass is 282 g/mol. The topological polar surface area (TPSA) is 46.5 Å². The van der Waals surface area contributed by atoms with Crippen molar-refractivity contribution in [2.24, 2.45) is 0 Å². The number of aliphatic carboxylic acids is 1. The standard InChI is InChI=1S/C14H9F3O3/c15-11-5-1-9(2-6-11)10-3-7-12(8-4-10)20-14(16,17)13(18)19/h1-8H,(H,18,19). The highest BCUT2D eigenvalue weighted by atomic mass is 19.3. The maximum Gasteiger partial charge on any atom is 0.501 e. The Labute approximate surface area is 112 Å². The van der Waals surface area contributed by atoms with E-state index >= 15 is 0 Å². The van der Waals surface area contributed by atoms with Crippen LogP contribution in [0.1, 0.15) is 0 Å². The predicted molar refractivity (Wildman–Crippen MR) is 65.0 cm³/mol. The highest BCUT2D eigenvalue weighted by Gasteiger charge is 2.42. The molecule has 0 saturated heterocycles. The van der Waals surface area contributed by atoms with Crippen molar-refractivity contribution < 1.29 is 27.8 Å². The average molecular weight is 282 g/mol. The molecular weight excluding hydrogens is 273 g/mol. The molecule has 2 aromatic carbocycles. The largest absolute Gasteiger partial charge is 0.501 e. The van der Waals surface area contributed by atoms with E-state index in [0.717, 1.165) is 0 Å². The van der Waals surface area contributed by atoms with E-state index in [4.69, 9.17) is 5.11 Å². The van der Waals surface area contributed by atoms with Crippen LogP contribution in [0.25, 0.3) is 11.1 Å². The fourth-order valence-corrected chi connectivity index (χ4v) is 1.55. The summed E-state index contributed by atoms with van der Waals surface area (Å²) in [6, 6.07) is 11.0. The third-order valence-corrected chi connectivity index (χ3v) is 2.53. The number of carboxylic acids is 1. The molecule has 2 aromatic rings. The third-order valence-electron chi connectivity index (χ3n) is 2.53. The second kappa shape index (κ2) is 5.24. The summed E-state index contributed by atoms with van der Waals surface area (Å²) < 4.78 is 42.5. The minimum absolute atomic E-state index is 0.275. The van der Waals surface area contributed by atoms with Gasteiger partial charge in [0.2, 0.25) is 0 Å². The van der Waals surface area contributed by atoms with E-state index in [0.29, 0.717) is 11.1 Å². The fourth-order valence-electron chi connectivity index (χ4n) is 1.55. The Morgan fingerprint density at radius 2 is 1.40 bits per heavy atom. The second-order valence-corrected chi connectivity index (χ2v) is 3.96. The third kappa shape index (κ3) is 3.09. The number of benzene rings is 2. The van der Waals surface area contributed by atoms with Crippen molar-refractivity contribution in [2.75, 3.05) is 0 Å². The molecule has 0 aliphatic rings. The summed E-state index contributed by atoms with van der Waals surface area (Å²) in [5, 5.41) is 8.25. The maximum atomic E-state index is 12.8. The van der Waals surface area contributed by atoms with Crippen molar-refractivity contribution in [1.82, 2.24) is 0 Å². The first kappa shape index (κ1) is 13.9. The van der Waals surface area contributed by atoms with E-state index in [9.17, 15) is 18.0 Å². The van der Waals surface area contributed by atoms with Crippen LogP contribution in [0.3, 0.4) is 0 Å². The number of carboxylic acid groups (broad SMARTS) is 1. The number of carbonyl (C=O) groups is 1. The van der Waals surface area contributed by atoms with E-state index in [1.54, 1.807) is 0 Å². The number of ether oxygens (including phenoxy) is 1. The van der Waals surface area contributed by atoms with Crippen LogP contribution in [-0.4, -0.2) is 17.2 Å². The van der Waals surface area contributed by atoms with Gasteiger partial charge >= 0.3 is 12.1 Å². The van der Waals surface area contributed by atoms with Gasteiger partial charge in [-0.15, -0.1) is 0 Å². The molecule has 0 aromatic heterocycles. The Balaban J connectivity index is 2.18. The van der Waals surface area contributed by atoms with E-state index in [2.05, 4.69) is 4.74 Å².